The van der Waals surface area contributed by atoms with E-state index in [0.29, 0.717) is 17.6 Å². The zero-order chi connectivity index (χ0) is 20.1. The zero-order valence-corrected chi connectivity index (χ0v) is 17.3. The highest BCUT2D eigenvalue weighted by Gasteiger charge is 2.59. The van der Waals surface area contributed by atoms with Crippen LogP contribution in [0.25, 0.3) is 0 Å². The Kier molecular flexibility index (Phi) is 4.91. The van der Waals surface area contributed by atoms with Crippen molar-refractivity contribution >= 4 is 17.5 Å². The van der Waals surface area contributed by atoms with Crippen LogP contribution in [0.5, 0.6) is 0 Å². The number of carboxylic acids is 1. The summed E-state index contributed by atoms with van der Waals surface area (Å²) in [5, 5.41) is 14.5. The molecule has 3 saturated carbocycles. The van der Waals surface area contributed by atoms with Gasteiger partial charge >= 0.3 is 0 Å². The van der Waals surface area contributed by atoms with Crippen molar-refractivity contribution in [3.63, 3.8) is 0 Å². The number of hydrogen-bond donors (Lipinski definition) is 0. The maximum absolute atomic E-state index is 12.2. The second-order valence-electron chi connectivity index (χ2n) is 10.0. The van der Waals surface area contributed by atoms with Crippen LogP contribution in [-0.2, 0) is 14.4 Å². The van der Waals surface area contributed by atoms with Crippen LogP contribution < -0.4 is 5.11 Å². The summed E-state index contributed by atoms with van der Waals surface area (Å²) in [6.45, 7) is 6.11. The van der Waals surface area contributed by atoms with Gasteiger partial charge in [0.2, 0.25) is 0 Å². The number of carbonyl (C=O) groups excluding carboxylic acids is 2. The number of carboxylic acid groups (broad SMARTS) is 1. The number of rotatable bonds is 4. The topological polar surface area (TPSA) is 78.8 Å². The van der Waals surface area contributed by atoms with Crippen molar-refractivity contribution in [1.29, 1.82) is 0 Å². The average molecular weight is 387 g/mol. The first kappa shape index (κ1) is 19.7. The molecule has 0 aromatic rings. The van der Waals surface area contributed by atoms with Crippen LogP contribution in [0.4, 0.5) is 0 Å². The summed E-state index contributed by atoms with van der Waals surface area (Å²) in [5.74, 6) is 1.49. The number of aliphatic carboxylic acids is 1. The molecule has 0 spiro atoms. The van der Waals surface area contributed by atoms with Gasteiger partial charge in [-0.05, 0) is 93.0 Å². The minimum Gasteiger partial charge on any atom is -0.546 e. The Morgan fingerprint density at radius 2 is 1.93 bits per heavy atom. The highest BCUT2D eigenvalue weighted by Crippen LogP contribution is 2.66. The Morgan fingerprint density at radius 3 is 2.64 bits per heavy atom. The van der Waals surface area contributed by atoms with Crippen LogP contribution in [0.3, 0.4) is 0 Å². The standard InChI is InChI=1S/C23H33NO4/c1-14(25)18-6-7-19-17-5-4-15-12-16(24-28-13-21(26)27)8-10-22(15,2)20(17)9-11-23(18,19)3/h12,17-20H,4-11,13H2,1-3H3,(H,26,27)/p-1/t17-,18-,19-,20-,22+,23-/m1/s1. The molecule has 0 aromatic heterocycles. The lowest BCUT2D eigenvalue weighted by atomic mass is 9.46. The summed E-state index contributed by atoms with van der Waals surface area (Å²) >= 11 is 0. The molecule has 0 bridgehead atoms. The van der Waals surface area contributed by atoms with Crippen molar-refractivity contribution in [3.8, 4) is 0 Å². The Balaban J connectivity index is 1.55. The predicted molar refractivity (Wildman–Crippen MR) is 104 cm³/mol. The quantitative estimate of drug-likeness (QED) is 0.695. The summed E-state index contributed by atoms with van der Waals surface area (Å²) in [6, 6.07) is 0. The van der Waals surface area contributed by atoms with E-state index in [2.05, 4.69) is 25.1 Å². The van der Waals surface area contributed by atoms with Crippen molar-refractivity contribution < 1.29 is 19.5 Å². The van der Waals surface area contributed by atoms with Crippen LogP contribution >= 0.6 is 0 Å². The van der Waals surface area contributed by atoms with Gasteiger partial charge in [0.15, 0.2) is 6.61 Å². The molecule has 0 N–H and O–H groups in total. The lowest BCUT2D eigenvalue weighted by molar-refractivity contribution is -0.309. The van der Waals surface area contributed by atoms with E-state index in [9.17, 15) is 14.7 Å². The molecule has 0 amide bonds. The first-order chi connectivity index (χ1) is 13.3. The van der Waals surface area contributed by atoms with Crippen molar-refractivity contribution in [1.82, 2.24) is 0 Å². The molecule has 0 aromatic carbocycles. The van der Waals surface area contributed by atoms with Crippen molar-refractivity contribution in [2.24, 2.45) is 39.7 Å². The number of carbonyl (C=O) groups is 2. The molecule has 4 rings (SSSR count). The average Bonchev–Trinajstić information content (AvgIpc) is 2.99. The molecule has 0 unspecified atom stereocenters. The zero-order valence-electron chi connectivity index (χ0n) is 17.3. The fourth-order valence-electron chi connectivity index (χ4n) is 7.48. The summed E-state index contributed by atoms with van der Waals surface area (Å²) in [4.78, 5) is 27.7. The second kappa shape index (κ2) is 7.00. The van der Waals surface area contributed by atoms with Gasteiger partial charge < -0.3 is 14.7 Å². The normalized spacial score (nSPS) is 43.5. The fraction of sp³-hybridized carbons (Fsp3) is 0.783. The van der Waals surface area contributed by atoms with Crippen LogP contribution in [-0.4, -0.2) is 24.1 Å². The number of nitrogens with zero attached hydrogens (tertiary/aromatic N) is 1. The third kappa shape index (κ3) is 3.02. The number of fused-ring (bicyclic) bond motifs is 5. The van der Waals surface area contributed by atoms with Gasteiger partial charge in [-0.15, -0.1) is 0 Å². The van der Waals surface area contributed by atoms with Crippen LogP contribution in [0.2, 0.25) is 0 Å². The third-order valence-electron chi connectivity index (χ3n) is 8.83. The van der Waals surface area contributed by atoms with Gasteiger partial charge in [0.25, 0.3) is 0 Å². The van der Waals surface area contributed by atoms with E-state index in [1.165, 1.54) is 31.3 Å². The lowest BCUT2D eigenvalue weighted by Gasteiger charge is -2.58. The van der Waals surface area contributed by atoms with E-state index in [1.54, 1.807) is 6.92 Å². The van der Waals surface area contributed by atoms with Gasteiger partial charge in [-0.1, -0.05) is 24.6 Å². The largest absolute Gasteiger partial charge is 0.546 e. The first-order valence-corrected chi connectivity index (χ1v) is 10.9. The molecule has 4 aliphatic carbocycles. The fourth-order valence-corrected chi connectivity index (χ4v) is 7.48. The molecule has 28 heavy (non-hydrogen) atoms. The minimum atomic E-state index is -1.25. The molecule has 0 heterocycles. The molecule has 154 valence electrons. The SMILES string of the molecule is CC(=O)[C@H]1CC[C@@H]2[C@H]3CCC4=CC(=NOCC(=O)[O-])CC[C@]4(C)[C@@H]3CC[C@]12C. The number of Topliss-reactive ketones (excluding diaryl/α,β-unsaturated/α-hetero) is 1. The van der Waals surface area contributed by atoms with Crippen molar-refractivity contribution in [3.05, 3.63) is 11.6 Å². The van der Waals surface area contributed by atoms with Crippen LogP contribution in [0, 0.1) is 34.5 Å². The number of ketones is 1. The Morgan fingerprint density at radius 1 is 1.14 bits per heavy atom. The Labute approximate surface area is 167 Å². The van der Waals surface area contributed by atoms with Crippen LogP contribution in [0.15, 0.2) is 16.8 Å². The van der Waals surface area contributed by atoms with E-state index < -0.39 is 12.6 Å². The maximum atomic E-state index is 12.2. The molecular weight excluding hydrogens is 354 g/mol. The molecule has 0 radical (unpaired) electrons. The minimum absolute atomic E-state index is 0.199. The third-order valence-corrected chi connectivity index (χ3v) is 8.83. The second-order valence-corrected chi connectivity index (χ2v) is 10.0. The lowest BCUT2D eigenvalue weighted by Crippen LogP contribution is -2.51. The molecule has 0 aliphatic heterocycles. The van der Waals surface area contributed by atoms with Gasteiger partial charge in [0, 0.05) is 5.92 Å². The van der Waals surface area contributed by atoms with Gasteiger partial charge in [-0.3, -0.25) is 4.79 Å². The molecule has 5 nitrogen and oxygen atoms in total. The highest BCUT2D eigenvalue weighted by atomic mass is 16.6. The summed E-state index contributed by atoms with van der Waals surface area (Å²) < 4.78 is 0. The van der Waals surface area contributed by atoms with E-state index >= 15 is 0 Å². The van der Waals surface area contributed by atoms with E-state index in [0.717, 1.165) is 37.3 Å². The van der Waals surface area contributed by atoms with Gasteiger partial charge in [0.1, 0.15) is 5.78 Å². The van der Waals surface area contributed by atoms with E-state index in [1.807, 2.05) is 0 Å². The van der Waals surface area contributed by atoms with Gasteiger partial charge in [0.05, 0.1) is 11.7 Å². The smallest absolute Gasteiger partial charge is 0.156 e. The summed E-state index contributed by atoms with van der Waals surface area (Å²) in [7, 11) is 0. The molecular formula is C23H32NO4-. The van der Waals surface area contributed by atoms with Gasteiger partial charge in [-0.2, -0.15) is 0 Å². The van der Waals surface area contributed by atoms with Crippen molar-refractivity contribution in [2.75, 3.05) is 6.61 Å². The summed E-state index contributed by atoms with van der Waals surface area (Å²) in [6.07, 6.45) is 11.0. The monoisotopic (exact) mass is 386 g/mol. The highest BCUT2D eigenvalue weighted by molar-refractivity contribution is 5.96. The molecule has 3 fully saturated rings. The molecule has 4 aliphatic rings. The molecule has 6 atom stereocenters. The van der Waals surface area contributed by atoms with E-state index in [4.69, 9.17) is 4.84 Å². The van der Waals surface area contributed by atoms with Gasteiger partial charge in [-0.25, -0.2) is 0 Å². The maximum Gasteiger partial charge on any atom is 0.156 e. The molecule has 5 heteroatoms. The number of allylic oxidation sites excluding steroid dienone is 2. The Hall–Kier alpha value is -1.65. The number of oxime groups is 1. The van der Waals surface area contributed by atoms with Crippen molar-refractivity contribution in [2.45, 2.75) is 72.1 Å². The first-order valence-electron chi connectivity index (χ1n) is 10.9. The number of hydrogen-bond acceptors (Lipinski definition) is 5. The summed E-state index contributed by atoms with van der Waals surface area (Å²) in [5.41, 5.74) is 2.71. The Bertz CT molecular complexity index is 741. The molecule has 0 saturated heterocycles. The van der Waals surface area contributed by atoms with E-state index in [-0.39, 0.29) is 16.7 Å². The predicted octanol–water partition coefficient (Wildman–Crippen LogP) is 3.28. The van der Waals surface area contributed by atoms with Crippen LogP contribution in [0.1, 0.15) is 72.1 Å².